The van der Waals surface area contributed by atoms with Crippen molar-refractivity contribution >= 4 is 16.7 Å². The summed E-state index contributed by atoms with van der Waals surface area (Å²) in [6, 6.07) is 25.3. The van der Waals surface area contributed by atoms with Gasteiger partial charge >= 0.3 is 0 Å². The molecule has 0 saturated carbocycles. The van der Waals surface area contributed by atoms with E-state index < -0.39 is 0 Å². The van der Waals surface area contributed by atoms with Gasteiger partial charge in [-0.2, -0.15) is 0 Å². The van der Waals surface area contributed by atoms with Crippen LogP contribution in [0.4, 0.5) is 5.82 Å². The lowest BCUT2D eigenvalue weighted by Crippen LogP contribution is -2.06. The van der Waals surface area contributed by atoms with Crippen molar-refractivity contribution in [2.24, 2.45) is 0 Å². The number of pyridine rings is 1. The van der Waals surface area contributed by atoms with Crippen molar-refractivity contribution in [3.63, 3.8) is 0 Å². The molecule has 0 fully saturated rings. The van der Waals surface area contributed by atoms with E-state index in [1.807, 2.05) is 12.3 Å². The largest absolute Gasteiger partial charge is 0.364 e. The molecular formula is C22H21N3. The summed E-state index contributed by atoms with van der Waals surface area (Å²) < 4.78 is 2.34. The van der Waals surface area contributed by atoms with Crippen LogP contribution in [0.2, 0.25) is 0 Å². The third-order valence-corrected chi connectivity index (χ3v) is 4.50. The van der Waals surface area contributed by atoms with Gasteiger partial charge in [0.2, 0.25) is 0 Å². The highest BCUT2D eigenvalue weighted by Gasteiger charge is 2.11. The molecule has 0 aliphatic carbocycles. The summed E-state index contributed by atoms with van der Waals surface area (Å²) in [6.45, 7) is 3.77. The topological polar surface area (TPSA) is 29.9 Å². The Morgan fingerprint density at radius 2 is 1.56 bits per heavy atom. The maximum atomic E-state index is 4.61. The molecule has 0 amide bonds. The zero-order valence-corrected chi connectivity index (χ0v) is 14.3. The number of nitrogens with zero attached hydrogens (tertiary/aromatic N) is 2. The van der Waals surface area contributed by atoms with Gasteiger partial charge in [0, 0.05) is 30.4 Å². The number of rotatable bonds is 5. The number of nitrogens with one attached hydrogen (secondary N) is 1. The lowest BCUT2D eigenvalue weighted by molar-refractivity contribution is 0.803. The van der Waals surface area contributed by atoms with Crippen LogP contribution in [-0.2, 0) is 13.1 Å². The third-order valence-electron chi connectivity index (χ3n) is 4.50. The van der Waals surface area contributed by atoms with Gasteiger partial charge in [0.25, 0.3) is 0 Å². The SMILES string of the molecule is Cc1cc2ccnc(NCc3ccccc3)c2n1Cc1ccccc1. The molecule has 0 saturated heterocycles. The predicted molar refractivity (Wildman–Crippen MR) is 104 cm³/mol. The monoisotopic (exact) mass is 327 g/mol. The summed E-state index contributed by atoms with van der Waals surface area (Å²) in [5.74, 6) is 0.936. The Bertz CT molecular complexity index is 972. The summed E-state index contributed by atoms with van der Waals surface area (Å²) in [5, 5.41) is 4.73. The van der Waals surface area contributed by atoms with Crippen LogP contribution in [0, 0.1) is 6.92 Å². The van der Waals surface area contributed by atoms with Gasteiger partial charge in [-0.1, -0.05) is 60.7 Å². The highest BCUT2D eigenvalue weighted by Crippen LogP contribution is 2.26. The van der Waals surface area contributed by atoms with Gasteiger partial charge in [0.1, 0.15) is 0 Å². The normalized spacial score (nSPS) is 10.9. The Balaban J connectivity index is 1.69. The van der Waals surface area contributed by atoms with Crippen molar-refractivity contribution in [2.45, 2.75) is 20.0 Å². The van der Waals surface area contributed by atoms with Crippen LogP contribution in [0.25, 0.3) is 10.9 Å². The summed E-state index contributed by atoms with van der Waals surface area (Å²) in [7, 11) is 0. The summed E-state index contributed by atoms with van der Waals surface area (Å²) in [6.07, 6.45) is 1.88. The van der Waals surface area contributed by atoms with Gasteiger partial charge in [0.05, 0.1) is 5.52 Å². The fourth-order valence-electron chi connectivity index (χ4n) is 3.23. The summed E-state index contributed by atoms with van der Waals surface area (Å²) in [5.41, 5.74) is 4.95. The number of fused-ring (bicyclic) bond motifs is 1. The standard InChI is InChI=1S/C22H21N3/c1-17-14-20-12-13-23-22(24-15-18-8-4-2-5-9-18)21(20)25(17)16-19-10-6-3-7-11-19/h2-14H,15-16H2,1H3,(H,23,24). The molecule has 3 heteroatoms. The predicted octanol–water partition coefficient (Wildman–Crippen LogP) is 5.01. The molecule has 2 aromatic carbocycles. The van der Waals surface area contributed by atoms with Crippen LogP contribution in [0.1, 0.15) is 16.8 Å². The van der Waals surface area contributed by atoms with E-state index in [9.17, 15) is 0 Å². The van der Waals surface area contributed by atoms with Crippen LogP contribution in [0.5, 0.6) is 0 Å². The van der Waals surface area contributed by atoms with E-state index in [-0.39, 0.29) is 0 Å². The molecule has 1 N–H and O–H groups in total. The van der Waals surface area contributed by atoms with Crippen LogP contribution < -0.4 is 5.32 Å². The lowest BCUT2D eigenvalue weighted by atomic mass is 10.2. The lowest BCUT2D eigenvalue weighted by Gasteiger charge is -2.13. The van der Waals surface area contributed by atoms with E-state index in [4.69, 9.17) is 0 Å². The molecule has 0 aliphatic heterocycles. The second kappa shape index (κ2) is 6.81. The average molecular weight is 327 g/mol. The molecular weight excluding hydrogens is 306 g/mol. The van der Waals surface area contributed by atoms with Crippen molar-refractivity contribution < 1.29 is 0 Å². The molecule has 124 valence electrons. The average Bonchev–Trinajstić information content (AvgIpc) is 2.98. The van der Waals surface area contributed by atoms with Crippen molar-refractivity contribution in [3.05, 3.63) is 95.8 Å². The van der Waals surface area contributed by atoms with Crippen LogP contribution >= 0.6 is 0 Å². The molecule has 0 spiro atoms. The molecule has 2 heterocycles. The third kappa shape index (κ3) is 3.26. The quantitative estimate of drug-likeness (QED) is 0.559. The summed E-state index contributed by atoms with van der Waals surface area (Å²) in [4.78, 5) is 4.61. The second-order valence-electron chi connectivity index (χ2n) is 6.29. The number of aryl methyl sites for hydroxylation is 1. The van der Waals surface area contributed by atoms with Gasteiger partial charge in [0.15, 0.2) is 5.82 Å². The van der Waals surface area contributed by atoms with E-state index in [2.05, 4.69) is 88.5 Å². The number of anilines is 1. The summed E-state index contributed by atoms with van der Waals surface area (Å²) >= 11 is 0. The molecule has 4 aromatic rings. The Kier molecular flexibility index (Phi) is 4.21. The molecule has 0 radical (unpaired) electrons. The van der Waals surface area contributed by atoms with Crippen molar-refractivity contribution in [2.75, 3.05) is 5.32 Å². The molecule has 25 heavy (non-hydrogen) atoms. The maximum absolute atomic E-state index is 4.61. The number of aromatic nitrogens is 2. The number of benzene rings is 2. The minimum Gasteiger partial charge on any atom is -0.364 e. The molecule has 3 nitrogen and oxygen atoms in total. The van der Waals surface area contributed by atoms with Crippen molar-refractivity contribution in [3.8, 4) is 0 Å². The molecule has 2 aromatic heterocycles. The second-order valence-corrected chi connectivity index (χ2v) is 6.29. The Labute approximate surface area is 148 Å². The Hall–Kier alpha value is -3.07. The minimum atomic E-state index is 0.766. The first kappa shape index (κ1) is 15.5. The molecule has 4 rings (SSSR count). The van der Waals surface area contributed by atoms with Gasteiger partial charge < -0.3 is 9.88 Å². The Morgan fingerprint density at radius 3 is 2.28 bits per heavy atom. The number of hydrogen-bond donors (Lipinski definition) is 1. The first-order valence-electron chi connectivity index (χ1n) is 8.58. The Morgan fingerprint density at radius 1 is 0.880 bits per heavy atom. The van der Waals surface area contributed by atoms with Gasteiger partial charge in [-0.05, 0) is 30.2 Å². The van der Waals surface area contributed by atoms with E-state index in [1.54, 1.807) is 0 Å². The van der Waals surface area contributed by atoms with Crippen LogP contribution in [0.15, 0.2) is 79.0 Å². The molecule has 0 bridgehead atoms. The fourth-order valence-corrected chi connectivity index (χ4v) is 3.23. The first-order valence-corrected chi connectivity index (χ1v) is 8.58. The van der Waals surface area contributed by atoms with E-state index >= 15 is 0 Å². The molecule has 0 aliphatic rings. The van der Waals surface area contributed by atoms with Gasteiger partial charge in [-0.3, -0.25) is 0 Å². The number of hydrogen-bond acceptors (Lipinski definition) is 2. The zero-order chi connectivity index (χ0) is 17.1. The van der Waals surface area contributed by atoms with E-state index in [0.717, 1.165) is 18.9 Å². The minimum absolute atomic E-state index is 0.766. The van der Waals surface area contributed by atoms with Crippen molar-refractivity contribution in [1.82, 2.24) is 9.55 Å². The van der Waals surface area contributed by atoms with E-state index in [1.165, 1.54) is 27.7 Å². The van der Waals surface area contributed by atoms with E-state index in [0.29, 0.717) is 0 Å². The molecule has 0 unspecified atom stereocenters. The fraction of sp³-hybridized carbons (Fsp3) is 0.136. The van der Waals surface area contributed by atoms with Crippen molar-refractivity contribution in [1.29, 1.82) is 0 Å². The first-order chi connectivity index (χ1) is 12.3. The van der Waals surface area contributed by atoms with Crippen LogP contribution in [0.3, 0.4) is 0 Å². The van der Waals surface area contributed by atoms with Gasteiger partial charge in [-0.15, -0.1) is 0 Å². The van der Waals surface area contributed by atoms with Gasteiger partial charge in [-0.25, -0.2) is 4.98 Å². The zero-order valence-electron chi connectivity index (χ0n) is 14.3. The molecule has 0 atom stereocenters. The highest BCUT2D eigenvalue weighted by molar-refractivity contribution is 5.90. The highest BCUT2D eigenvalue weighted by atomic mass is 15.1. The maximum Gasteiger partial charge on any atom is 0.150 e. The van der Waals surface area contributed by atoms with Crippen LogP contribution in [-0.4, -0.2) is 9.55 Å². The smallest absolute Gasteiger partial charge is 0.150 e.